The third kappa shape index (κ3) is 4.93. The predicted octanol–water partition coefficient (Wildman–Crippen LogP) is 4.86. The second kappa shape index (κ2) is 8.55. The second-order valence-electron chi connectivity index (χ2n) is 7.43. The van der Waals surface area contributed by atoms with Crippen molar-refractivity contribution >= 4 is 61.6 Å². The van der Waals surface area contributed by atoms with Crippen molar-refractivity contribution in [1.29, 1.82) is 0 Å². The van der Waals surface area contributed by atoms with Crippen molar-refractivity contribution < 1.29 is 26.4 Å². The van der Waals surface area contributed by atoms with E-state index in [0.29, 0.717) is 10.6 Å². The molecule has 5 nitrogen and oxygen atoms in total. The maximum atomic E-state index is 13.3. The number of thioether (sulfide) groups is 1. The van der Waals surface area contributed by atoms with Crippen molar-refractivity contribution in [3.63, 3.8) is 0 Å². The van der Waals surface area contributed by atoms with Crippen LogP contribution in [0.2, 0.25) is 10.0 Å². The summed E-state index contributed by atoms with van der Waals surface area (Å²) < 4.78 is 64.2. The topological polar surface area (TPSA) is 66.8 Å². The minimum absolute atomic E-state index is 0.00129. The Balaban J connectivity index is 1.71. The van der Waals surface area contributed by atoms with Gasteiger partial charge in [0.2, 0.25) is 0 Å². The van der Waals surface area contributed by atoms with E-state index in [1.165, 1.54) is 4.90 Å². The molecule has 0 spiro atoms. The molecule has 2 fully saturated rings. The summed E-state index contributed by atoms with van der Waals surface area (Å²) in [5.41, 5.74) is -0.298. The molecule has 2 heterocycles. The molecule has 2 saturated heterocycles. The summed E-state index contributed by atoms with van der Waals surface area (Å²) in [6, 6.07) is 8.74. The lowest BCUT2D eigenvalue weighted by Crippen LogP contribution is -2.38. The number of amides is 1. The lowest BCUT2D eigenvalue weighted by atomic mass is 10.1. The second-order valence-corrected chi connectivity index (χ2v) is 11.6. The maximum Gasteiger partial charge on any atom is 0.416 e. The number of alkyl halides is 3. The van der Waals surface area contributed by atoms with Gasteiger partial charge in [0.1, 0.15) is 0 Å². The number of carbonyl (C=O) groups is 1. The van der Waals surface area contributed by atoms with Crippen LogP contribution in [0.4, 0.5) is 18.9 Å². The molecule has 0 bridgehead atoms. The molecule has 0 radical (unpaired) electrons. The number of anilines is 1. The van der Waals surface area contributed by atoms with Crippen LogP contribution in [0.25, 0.3) is 0 Å². The molecule has 12 heteroatoms. The molecule has 32 heavy (non-hydrogen) atoms. The molecule has 2 aromatic carbocycles. The molecule has 1 amide bonds. The first-order valence-corrected chi connectivity index (χ1v) is 12.8. The highest BCUT2D eigenvalue weighted by Crippen LogP contribution is 2.44. The van der Waals surface area contributed by atoms with Crippen LogP contribution in [0, 0.1) is 0 Å². The van der Waals surface area contributed by atoms with Gasteiger partial charge in [-0.2, -0.15) is 18.2 Å². The molecule has 2 aromatic rings. The first-order valence-electron chi connectivity index (χ1n) is 9.32. The molecule has 0 unspecified atom stereocenters. The molecule has 4 rings (SSSR count). The number of halogens is 5. The quantitative estimate of drug-likeness (QED) is 0.576. The largest absolute Gasteiger partial charge is 0.416 e. The Morgan fingerprint density at radius 1 is 1.12 bits per heavy atom. The molecular weight excluding hydrogens is 508 g/mol. The summed E-state index contributed by atoms with van der Waals surface area (Å²) in [7, 11) is -3.38. The van der Waals surface area contributed by atoms with Gasteiger partial charge in [-0.3, -0.25) is 4.79 Å². The number of aliphatic imine (C=N–C) groups is 1. The molecule has 2 atom stereocenters. The zero-order valence-electron chi connectivity index (χ0n) is 16.1. The zero-order valence-corrected chi connectivity index (χ0v) is 19.3. The van der Waals surface area contributed by atoms with Gasteiger partial charge in [0.15, 0.2) is 15.0 Å². The minimum atomic E-state index is -4.62. The van der Waals surface area contributed by atoms with Gasteiger partial charge in [-0.15, -0.1) is 0 Å². The average molecular weight is 523 g/mol. The molecule has 0 aromatic heterocycles. The van der Waals surface area contributed by atoms with Gasteiger partial charge in [0.05, 0.1) is 40.2 Å². The maximum absolute atomic E-state index is 13.3. The number of hydrogen-bond donors (Lipinski definition) is 0. The molecule has 0 N–H and O–H groups in total. The van der Waals surface area contributed by atoms with E-state index in [1.807, 2.05) is 0 Å². The lowest BCUT2D eigenvalue weighted by molar-refractivity contribution is -0.137. The van der Waals surface area contributed by atoms with E-state index in [2.05, 4.69) is 4.99 Å². The predicted molar refractivity (Wildman–Crippen MR) is 120 cm³/mol. The van der Waals surface area contributed by atoms with Gasteiger partial charge in [-0.1, -0.05) is 47.1 Å². The van der Waals surface area contributed by atoms with Gasteiger partial charge in [-0.05, 0) is 35.9 Å². The summed E-state index contributed by atoms with van der Waals surface area (Å²) in [4.78, 5) is 18.1. The van der Waals surface area contributed by atoms with Crippen LogP contribution in [0.1, 0.15) is 11.1 Å². The first kappa shape index (κ1) is 23.4. The standard InChI is InChI=1S/C20H15Cl2F3N2O3S2/c21-13-4-1-11(2-5-13)7-18(28)26-19-27(16-9-32(29,30)10-17(16)31-19)15-8-12(20(23,24)25)3-6-14(15)22/h1-6,8,16-17H,7,9-10H2/t16-,17+/m1/s1. The summed E-state index contributed by atoms with van der Waals surface area (Å²) in [5.74, 6) is -0.938. The number of sulfone groups is 1. The van der Waals surface area contributed by atoms with Crippen molar-refractivity contribution in [2.75, 3.05) is 16.4 Å². The Hall–Kier alpha value is -1.75. The summed E-state index contributed by atoms with van der Waals surface area (Å²) in [6.45, 7) is 0. The Morgan fingerprint density at radius 3 is 2.47 bits per heavy atom. The highest BCUT2D eigenvalue weighted by Gasteiger charge is 2.50. The van der Waals surface area contributed by atoms with Crippen molar-refractivity contribution in [3.8, 4) is 0 Å². The van der Waals surface area contributed by atoms with E-state index in [0.717, 1.165) is 30.0 Å². The van der Waals surface area contributed by atoms with Crippen molar-refractivity contribution in [1.82, 2.24) is 0 Å². The van der Waals surface area contributed by atoms with Crippen LogP contribution in [-0.4, -0.2) is 42.3 Å². The van der Waals surface area contributed by atoms with Crippen LogP contribution in [-0.2, 0) is 27.2 Å². The fourth-order valence-corrected chi connectivity index (χ4v) is 7.90. The van der Waals surface area contributed by atoms with E-state index >= 15 is 0 Å². The van der Waals surface area contributed by atoms with Crippen LogP contribution >= 0.6 is 35.0 Å². The fourth-order valence-electron chi connectivity index (χ4n) is 3.64. The van der Waals surface area contributed by atoms with Gasteiger partial charge >= 0.3 is 6.18 Å². The van der Waals surface area contributed by atoms with Gasteiger partial charge in [0, 0.05) is 10.3 Å². The van der Waals surface area contributed by atoms with E-state index in [-0.39, 0.29) is 33.8 Å². The first-order chi connectivity index (χ1) is 14.9. The van der Waals surface area contributed by atoms with E-state index in [4.69, 9.17) is 23.2 Å². The van der Waals surface area contributed by atoms with Crippen molar-refractivity contribution in [2.45, 2.75) is 23.9 Å². The highest BCUT2D eigenvalue weighted by molar-refractivity contribution is 8.16. The number of carbonyl (C=O) groups excluding carboxylic acids is 1. The fraction of sp³-hybridized carbons (Fsp3) is 0.300. The number of hydrogen-bond acceptors (Lipinski definition) is 4. The summed E-state index contributed by atoms with van der Waals surface area (Å²) in [6.07, 6.45) is -4.66. The average Bonchev–Trinajstić information content (AvgIpc) is 3.14. The van der Waals surface area contributed by atoms with Crippen molar-refractivity contribution in [3.05, 3.63) is 63.6 Å². The van der Waals surface area contributed by atoms with Crippen LogP contribution < -0.4 is 4.90 Å². The van der Waals surface area contributed by atoms with Crippen LogP contribution in [0.5, 0.6) is 0 Å². The Morgan fingerprint density at radius 2 is 1.81 bits per heavy atom. The number of nitrogens with zero attached hydrogens (tertiary/aromatic N) is 2. The van der Waals surface area contributed by atoms with Crippen LogP contribution in [0.3, 0.4) is 0 Å². The number of benzene rings is 2. The third-order valence-electron chi connectivity index (χ3n) is 5.09. The molecule has 0 saturated carbocycles. The highest BCUT2D eigenvalue weighted by atomic mass is 35.5. The number of fused-ring (bicyclic) bond motifs is 1. The monoisotopic (exact) mass is 522 g/mol. The number of rotatable bonds is 3. The number of amidine groups is 1. The molecular formula is C20H15Cl2F3N2O3S2. The van der Waals surface area contributed by atoms with E-state index < -0.39 is 38.8 Å². The van der Waals surface area contributed by atoms with Gasteiger partial charge < -0.3 is 4.90 Å². The Kier molecular flexibility index (Phi) is 6.26. The lowest BCUT2D eigenvalue weighted by Gasteiger charge is -2.26. The summed E-state index contributed by atoms with van der Waals surface area (Å²) >= 11 is 13.1. The third-order valence-corrected chi connectivity index (χ3v) is 8.87. The van der Waals surface area contributed by atoms with E-state index in [1.54, 1.807) is 24.3 Å². The SMILES string of the molecule is O=C(Cc1ccc(Cl)cc1)N=C1S[C@H]2CS(=O)(=O)C[C@H]2N1c1cc(C(F)(F)F)ccc1Cl. The molecule has 2 aliphatic heterocycles. The Labute approximate surface area is 196 Å². The molecule has 2 aliphatic rings. The molecule has 170 valence electrons. The van der Waals surface area contributed by atoms with E-state index in [9.17, 15) is 26.4 Å². The van der Waals surface area contributed by atoms with Gasteiger partial charge in [0.25, 0.3) is 5.91 Å². The van der Waals surface area contributed by atoms with Gasteiger partial charge in [-0.25, -0.2) is 8.42 Å². The normalized spacial score (nSPS) is 23.5. The molecule has 0 aliphatic carbocycles. The van der Waals surface area contributed by atoms with Crippen molar-refractivity contribution in [2.24, 2.45) is 4.99 Å². The summed E-state index contributed by atoms with van der Waals surface area (Å²) in [5, 5.41) is 0.183. The van der Waals surface area contributed by atoms with Crippen LogP contribution in [0.15, 0.2) is 47.5 Å². The zero-order chi connectivity index (χ0) is 23.3. The minimum Gasteiger partial charge on any atom is -0.314 e. The Bertz CT molecular complexity index is 1200. The smallest absolute Gasteiger partial charge is 0.314 e.